The van der Waals surface area contributed by atoms with Gasteiger partial charge in [0.2, 0.25) is 15.9 Å². The van der Waals surface area contributed by atoms with Crippen LogP contribution in [0.2, 0.25) is 0 Å². The molecule has 0 bridgehead atoms. The predicted molar refractivity (Wildman–Crippen MR) is 104 cm³/mol. The minimum atomic E-state index is -3.27. The summed E-state index contributed by atoms with van der Waals surface area (Å²) < 4.78 is 30.8. The Balaban J connectivity index is 1.83. The van der Waals surface area contributed by atoms with Crippen LogP contribution >= 0.6 is 0 Å². The van der Waals surface area contributed by atoms with Gasteiger partial charge in [-0.1, -0.05) is 18.2 Å². The van der Waals surface area contributed by atoms with Gasteiger partial charge in [0.1, 0.15) is 5.75 Å². The number of nitrogens with zero attached hydrogens (tertiary/aromatic N) is 1. The maximum absolute atomic E-state index is 12.1. The first-order valence-electron chi connectivity index (χ1n) is 8.73. The van der Waals surface area contributed by atoms with E-state index in [-0.39, 0.29) is 18.2 Å². The van der Waals surface area contributed by atoms with E-state index in [1.807, 2.05) is 24.3 Å². The topological polar surface area (TPSA) is 97.4 Å². The normalized spacial score (nSPS) is 11.2. The van der Waals surface area contributed by atoms with Crippen LogP contribution in [0.15, 0.2) is 42.6 Å². The van der Waals surface area contributed by atoms with E-state index in [4.69, 9.17) is 4.74 Å². The lowest BCUT2D eigenvalue weighted by Gasteiger charge is -2.09. The lowest BCUT2D eigenvalue weighted by Crippen LogP contribution is -2.25. The molecule has 27 heavy (non-hydrogen) atoms. The van der Waals surface area contributed by atoms with Crippen molar-refractivity contribution in [2.24, 2.45) is 0 Å². The number of hydrogen-bond acceptors (Lipinski definition) is 5. The van der Waals surface area contributed by atoms with E-state index in [1.165, 1.54) is 0 Å². The number of hydrogen-bond donors (Lipinski definition) is 2. The molecule has 0 atom stereocenters. The number of amides is 1. The number of carbonyl (C=O) groups is 1. The Morgan fingerprint density at radius 2 is 1.96 bits per heavy atom. The molecule has 8 heteroatoms. The molecule has 0 saturated heterocycles. The summed E-state index contributed by atoms with van der Waals surface area (Å²) in [5, 5.41) is 2.87. The van der Waals surface area contributed by atoms with Crippen LogP contribution in [-0.4, -0.2) is 32.2 Å². The van der Waals surface area contributed by atoms with Crippen molar-refractivity contribution >= 4 is 15.9 Å². The van der Waals surface area contributed by atoms with Gasteiger partial charge >= 0.3 is 0 Å². The average molecular weight is 391 g/mol. The van der Waals surface area contributed by atoms with E-state index >= 15 is 0 Å². The van der Waals surface area contributed by atoms with Gasteiger partial charge in [-0.3, -0.25) is 9.78 Å². The Bertz CT molecular complexity index is 869. The summed E-state index contributed by atoms with van der Waals surface area (Å²) in [6, 6.07) is 11.2. The van der Waals surface area contributed by atoms with Crippen LogP contribution in [0.1, 0.15) is 30.2 Å². The quantitative estimate of drug-likeness (QED) is 0.643. The summed E-state index contributed by atoms with van der Waals surface area (Å²) in [6.45, 7) is 2.07. The van der Waals surface area contributed by atoms with Gasteiger partial charge in [0.25, 0.3) is 0 Å². The highest BCUT2D eigenvalue weighted by Gasteiger charge is 2.08. The van der Waals surface area contributed by atoms with Gasteiger partial charge in [-0.25, -0.2) is 13.1 Å². The van der Waals surface area contributed by atoms with Gasteiger partial charge in [-0.15, -0.1) is 0 Å². The Morgan fingerprint density at radius 1 is 1.19 bits per heavy atom. The molecule has 0 aliphatic heterocycles. The molecule has 0 unspecified atom stereocenters. The number of rotatable bonds is 10. The highest BCUT2D eigenvalue weighted by atomic mass is 32.2. The van der Waals surface area contributed by atoms with Crippen molar-refractivity contribution < 1.29 is 17.9 Å². The number of methoxy groups -OCH3 is 1. The lowest BCUT2D eigenvalue weighted by atomic mass is 10.1. The van der Waals surface area contributed by atoms with Crippen molar-refractivity contribution in [2.45, 2.75) is 32.9 Å². The summed E-state index contributed by atoms with van der Waals surface area (Å²) in [6.07, 6.45) is 2.55. The third-order valence-corrected chi connectivity index (χ3v) is 5.38. The average Bonchev–Trinajstić information content (AvgIpc) is 2.69. The van der Waals surface area contributed by atoms with Crippen LogP contribution in [0, 0.1) is 0 Å². The summed E-state index contributed by atoms with van der Waals surface area (Å²) in [5.74, 6) is 0.735. The predicted octanol–water partition coefficient (Wildman–Crippen LogP) is 1.78. The second kappa shape index (κ2) is 10.0. The van der Waals surface area contributed by atoms with E-state index in [0.717, 1.165) is 16.9 Å². The van der Waals surface area contributed by atoms with Crippen LogP contribution in [0.25, 0.3) is 0 Å². The first-order valence-corrected chi connectivity index (χ1v) is 10.4. The zero-order valence-electron chi connectivity index (χ0n) is 15.6. The molecule has 0 spiro atoms. The molecule has 0 aliphatic rings. The minimum Gasteiger partial charge on any atom is -0.496 e. The van der Waals surface area contributed by atoms with Crippen molar-refractivity contribution in [1.82, 2.24) is 15.0 Å². The molecular weight excluding hydrogens is 366 g/mol. The zero-order valence-corrected chi connectivity index (χ0v) is 16.4. The van der Waals surface area contributed by atoms with Crippen molar-refractivity contribution in [3.05, 3.63) is 59.4 Å². The second-order valence-corrected chi connectivity index (χ2v) is 8.06. The number of sulfonamides is 1. The highest BCUT2D eigenvalue weighted by Crippen LogP contribution is 2.18. The molecule has 2 N–H and O–H groups in total. The summed E-state index contributed by atoms with van der Waals surface area (Å²) in [7, 11) is -1.65. The minimum absolute atomic E-state index is 0.0228. The number of pyridine rings is 1. The van der Waals surface area contributed by atoms with Crippen molar-refractivity contribution in [1.29, 1.82) is 0 Å². The zero-order chi connectivity index (χ0) is 19.7. The van der Waals surface area contributed by atoms with E-state index < -0.39 is 10.0 Å². The molecule has 0 saturated carbocycles. The van der Waals surface area contributed by atoms with Crippen LogP contribution in [-0.2, 0) is 34.3 Å². The van der Waals surface area contributed by atoms with E-state index in [0.29, 0.717) is 25.1 Å². The second-order valence-electron chi connectivity index (χ2n) is 5.97. The Morgan fingerprint density at radius 3 is 2.70 bits per heavy atom. The van der Waals surface area contributed by atoms with Crippen LogP contribution < -0.4 is 14.8 Å². The Hall–Kier alpha value is -2.45. The van der Waals surface area contributed by atoms with Gasteiger partial charge < -0.3 is 10.1 Å². The Kier molecular flexibility index (Phi) is 7.75. The van der Waals surface area contributed by atoms with Gasteiger partial charge in [0.05, 0.1) is 25.1 Å². The number of carbonyl (C=O) groups excluding carboxylic acids is 1. The number of aryl methyl sites for hydroxylation is 1. The molecule has 0 aliphatic carbocycles. The van der Waals surface area contributed by atoms with Crippen molar-refractivity contribution in [3.63, 3.8) is 0 Å². The van der Waals surface area contributed by atoms with Crippen molar-refractivity contribution in [2.75, 3.05) is 12.9 Å². The monoisotopic (exact) mass is 391 g/mol. The first kappa shape index (κ1) is 20.9. The number of benzene rings is 1. The van der Waals surface area contributed by atoms with E-state index in [9.17, 15) is 13.2 Å². The lowest BCUT2D eigenvalue weighted by molar-refractivity contribution is -0.121. The molecular formula is C19H25N3O4S. The van der Waals surface area contributed by atoms with Crippen LogP contribution in [0.5, 0.6) is 5.75 Å². The Labute approximate surface area is 160 Å². The number of ether oxygens (including phenoxy) is 1. The number of aromatic nitrogens is 1. The molecule has 0 radical (unpaired) electrons. The van der Waals surface area contributed by atoms with Gasteiger partial charge in [0.15, 0.2) is 0 Å². The van der Waals surface area contributed by atoms with Gasteiger partial charge in [-0.2, -0.15) is 0 Å². The standard InChI is InChI=1S/C19H25N3O4S/c1-3-27(24,25)22-14-17-12-15(10-11-20-17)13-21-19(23)9-8-16-6-4-5-7-18(16)26-2/h4-7,10-12,22H,3,8-9,13-14H2,1-2H3,(H,21,23). The fourth-order valence-corrected chi connectivity index (χ4v) is 3.04. The smallest absolute Gasteiger partial charge is 0.220 e. The third kappa shape index (κ3) is 6.99. The van der Waals surface area contributed by atoms with E-state index in [1.54, 1.807) is 32.4 Å². The van der Waals surface area contributed by atoms with E-state index in [2.05, 4.69) is 15.0 Å². The van der Waals surface area contributed by atoms with Gasteiger partial charge in [-0.05, 0) is 42.7 Å². The van der Waals surface area contributed by atoms with Crippen LogP contribution in [0.3, 0.4) is 0 Å². The number of para-hydroxylation sites is 1. The molecule has 146 valence electrons. The molecule has 0 fully saturated rings. The third-order valence-electron chi connectivity index (χ3n) is 4.04. The molecule has 7 nitrogen and oxygen atoms in total. The fourth-order valence-electron chi connectivity index (χ4n) is 2.47. The number of nitrogens with one attached hydrogen (secondary N) is 2. The SMILES string of the molecule is CCS(=O)(=O)NCc1cc(CNC(=O)CCc2ccccc2OC)ccn1. The molecule has 2 aromatic rings. The van der Waals surface area contributed by atoms with Gasteiger partial charge in [0, 0.05) is 19.2 Å². The molecule has 2 rings (SSSR count). The fraction of sp³-hybridized carbons (Fsp3) is 0.368. The molecule has 1 aromatic heterocycles. The van der Waals surface area contributed by atoms with Crippen LogP contribution in [0.4, 0.5) is 0 Å². The molecule has 1 aromatic carbocycles. The largest absolute Gasteiger partial charge is 0.496 e. The summed E-state index contributed by atoms with van der Waals surface area (Å²) >= 11 is 0. The maximum Gasteiger partial charge on any atom is 0.220 e. The maximum atomic E-state index is 12.1. The summed E-state index contributed by atoms with van der Waals surface area (Å²) in [5.41, 5.74) is 2.46. The first-order chi connectivity index (χ1) is 12.9. The molecule has 1 heterocycles. The molecule has 1 amide bonds. The highest BCUT2D eigenvalue weighted by molar-refractivity contribution is 7.89. The summed E-state index contributed by atoms with van der Waals surface area (Å²) in [4.78, 5) is 16.3. The van der Waals surface area contributed by atoms with Crippen molar-refractivity contribution in [3.8, 4) is 5.75 Å².